The zero-order chi connectivity index (χ0) is 18.3. The van der Waals surface area contributed by atoms with Crippen LogP contribution in [0, 0.1) is 5.41 Å². The fourth-order valence-corrected chi connectivity index (χ4v) is 3.34. The minimum Gasteiger partial charge on any atom is -0.493 e. The monoisotopic (exact) mass is 349 g/mol. The number of carboxylic acids is 1. The van der Waals surface area contributed by atoms with Gasteiger partial charge in [0.2, 0.25) is 5.91 Å². The number of amides is 1. The fraction of sp³-hybridized carbons (Fsp3) is 0.579. The number of nitrogens with one attached hydrogen (secondary N) is 1. The third-order valence-electron chi connectivity index (χ3n) is 4.98. The quantitative estimate of drug-likeness (QED) is 0.754. The van der Waals surface area contributed by atoms with E-state index in [0.29, 0.717) is 37.2 Å². The molecule has 2 N–H and O–H groups in total. The number of hydrogen-bond donors (Lipinski definition) is 2. The molecular weight excluding hydrogens is 322 g/mol. The normalized spacial score (nSPS) is 16.1. The predicted molar refractivity (Wildman–Crippen MR) is 94.0 cm³/mol. The van der Waals surface area contributed by atoms with Gasteiger partial charge in [0.15, 0.2) is 11.5 Å². The third kappa shape index (κ3) is 4.87. The molecule has 0 unspecified atom stereocenters. The molecule has 0 spiro atoms. The molecule has 6 heteroatoms. The number of methoxy groups -OCH3 is 2. The summed E-state index contributed by atoms with van der Waals surface area (Å²) in [5.41, 5.74) is 0.176. The molecular formula is C19H27NO5. The van der Waals surface area contributed by atoms with E-state index in [-0.39, 0.29) is 12.5 Å². The lowest BCUT2D eigenvalue weighted by Gasteiger charge is -2.33. The maximum Gasteiger partial charge on any atom is 0.311 e. The van der Waals surface area contributed by atoms with Crippen molar-refractivity contribution in [1.29, 1.82) is 0 Å². The standard InChI is InChI=1S/C19H27NO5/c1-24-15-8-6-14(12-16(15)25-2)7-9-17(21)20-13-19(18(22)23)10-4-3-5-11-19/h6,8,12H,3-5,7,9-11,13H2,1-2H3,(H,20,21)(H,22,23). The lowest BCUT2D eigenvalue weighted by atomic mass is 9.74. The number of carbonyl (C=O) groups excluding carboxylic acids is 1. The second kappa shape index (κ2) is 8.74. The highest BCUT2D eigenvalue weighted by Gasteiger charge is 2.39. The number of benzene rings is 1. The van der Waals surface area contributed by atoms with Crippen molar-refractivity contribution in [3.8, 4) is 11.5 Å². The van der Waals surface area contributed by atoms with Crippen LogP contribution in [-0.2, 0) is 16.0 Å². The van der Waals surface area contributed by atoms with Crippen LogP contribution in [0.15, 0.2) is 18.2 Å². The van der Waals surface area contributed by atoms with E-state index in [1.807, 2.05) is 18.2 Å². The molecule has 0 aromatic heterocycles. The van der Waals surface area contributed by atoms with E-state index in [4.69, 9.17) is 9.47 Å². The predicted octanol–water partition coefficient (Wildman–Crippen LogP) is 2.79. The molecule has 0 radical (unpaired) electrons. The highest BCUT2D eigenvalue weighted by molar-refractivity contribution is 5.79. The number of carboxylic acid groups (broad SMARTS) is 1. The Hall–Kier alpha value is -2.24. The lowest BCUT2D eigenvalue weighted by molar-refractivity contribution is -0.151. The van der Waals surface area contributed by atoms with Gasteiger partial charge in [0.05, 0.1) is 19.6 Å². The van der Waals surface area contributed by atoms with Gasteiger partial charge in [0, 0.05) is 13.0 Å². The van der Waals surface area contributed by atoms with Crippen molar-refractivity contribution in [1.82, 2.24) is 5.32 Å². The molecule has 25 heavy (non-hydrogen) atoms. The molecule has 1 aliphatic carbocycles. The van der Waals surface area contributed by atoms with E-state index in [1.165, 1.54) is 0 Å². The van der Waals surface area contributed by atoms with Gasteiger partial charge < -0.3 is 19.9 Å². The van der Waals surface area contributed by atoms with Crippen molar-refractivity contribution in [2.45, 2.75) is 44.9 Å². The first-order valence-corrected chi connectivity index (χ1v) is 8.72. The third-order valence-corrected chi connectivity index (χ3v) is 4.98. The minimum absolute atomic E-state index is 0.124. The molecule has 1 aromatic carbocycles. The van der Waals surface area contributed by atoms with Gasteiger partial charge in [-0.3, -0.25) is 9.59 Å². The minimum atomic E-state index is -0.799. The van der Waals surface area contributed by atoms with Crippen molar-refractivity contribution in [3.05, 3.63) is 23.8 Å². The van der Waals surface area contributed by atoms with Gasteiger partial charge in [-0.15, -0.1) is 0 Å². The van der Waals surface area contributed by atoms with Gasteiger partial charge in [0.1, 0.15) is 0 Å². The number of hydrogen-bond acceptors (Lipinski definition) is 4. The number of rotatable bonds is 8. The Balaban J connectivity index is 1.87. The molecule has 0 aliphatic heterocycles. The molecule has 1 saturated carbocycles. The zero-order valence-corrected chi connectivity index (χ0v) is 15.0. The van der Waals surface area contributed by atoms with Crippen LogP contribution < -0.4 is 14.8 Å². The van der Waals surface area contributed by atoms with E-state index in [2.05, 4.69) is 5.32 Å². The Bertz CT molecular complexity index is 608. The Morgan fingerprint density at radius 3 is 2.40 bits per heavy atom. The number of aryl methyl sites for hydroxylation is 1. The average Bonchev–Trinajstić information content (AvgIpc) is 2.65. The summed E-state index contributed by atoms with van der Waals surface area (Å²) >= 11 is 0. The van der Waals surface area contributed by atoms with Crippen LogP contribution in [0.3, 0.4) is 0 Å². The molecule has 1 amide bonds. The molecule has 0 heterocycles. The van der Waals surface area contributed by atoms with Gasteiger partial charge in [-0.1, -0.05) is 25.3 Å². The van der Waals surface area contributed by atoms with E-state index in [0.717, 1.165) is 24.8 Å². The molecule has 6 nitrogen and oxygen atoms in total. The molecule has 2 rings (SSSR count). The van der Waals surface area contributed by atoms with Crippen molar-refractivity contribution < 1.29 is 24.2 Å². The second-order valence-corrected chi connectivity index (χ2v) is 6.61. The molecule has 0 atom stereocenters. The molecule has 0 bridgehead atoms. The first kappa shape index (κ1) is 19.1. The van der Waals surface area contributed by atoms with Crippen molar-refractivity contribution in [3.63, 3.8) is 0 Å². The number of carbonyl (C=O) groups is 2. The molecule has 1 aliphatic rings. The summed E-state index contributed by atoms with van der Waals surface area (Å²) in [5.74, 6) is 0.359. The van der Waals surface area contributed by atoms with E-state index in [1.54, 1.807) is 14.2 Å². The van der Waals surface area contributed by atoms with Crippen LogP contribution in [0.5, 0.6) is 11.5 Å². The van der Waals surface area contributed by atoms with Gasteiger partial charge in [-0.25, -0.2) is 0 Å². The topological polar surface area (TPSA) is 84.9 Å². The number of ether oxygens (including phenoxy) is 2. The Morgan fingerprint density at radius 1 is 1.12 bits per heavy atom. The molecule has 1 aromatic rings. The highest BCUT2D eigenvalue weighted by Crippen LogP contribution is 2.36. The summed E-state index contributed by atoms with van der Waals surface area (Å²) in [4.78, 5) is 23.8. The maximum atomic E-state index is 12.1. The number of aliphatic carboxylic acids is 1. The van der Waals surface area contributed by atoms with Gasteiger partial charge in [-0.2, -0.15) is 0 Å². The smallest absolute Gasteiger partial charge is 0.311 e. The molecule has 0 saturated heterocycles. The Morgan fingerprint density at radius 2 is 1.80 bits per heavy atom. The van der Waals surface area contributed by atoms with Crippen LogP contribution >= 0.6 is 0 Å². The summed E-state index contributed by atoms with van der Waals surface area (Å²) in [6, 6.07) is 5.56. The van der Waals surface area contributed by atoms with Crippen LogP contribution in [0.1, 0.15) is 44.1 Å². The largest absolute Gasteiger partial charge is 0.493 e. The van der Waals surface area contributed by atoms with E-state index < -0.39 is 11.4 Å². The fourth-order valence-electron chi connectivity index (χ4n) is 3.34. The SMILES string of the molecule is COc1ccc(CCC(=O)NCC2(C(=O)O)CCCCC2)cc1OC. The first-order chi connectivity index (χ1) is 12.0. The average molecular weight is 349 g/mol. The molecule has 138 valence electrons. The van der Waals surface area contributed by atoms with Crippen LogP contribution in [-0.4, -0.2) is 37.7 Å². The summed E-state index contributed by atoms with van der Waals surface area (Å²) in [6.45, 7) is 0.215. The maximum absolute atomic E-state index is 12.1. The van der Waals surface area contributed by atoms with Crippen molar-refractivity contribution >= 4 is 11.9 Å². The van der Waals surface area contributed by atoms with Crippen molar-refractivity contribution in [2.75, 3.05) is 20.8 Å². The van der Waals surface area contributed by atoms with Crippen LogP contribution in [0.4, 0.5) is 0 Å². The van der Waals surface area contributed by atoms with Crippen LogP contribution in [0.2, 0.25) is 0 Å². The van der Waals surface area contributed by atoms with Gasteiger partial charge in [-0.05, 0) is 37.0 Å². The Labute approximate surface area is 148 Å². The zero-order valence-electron chi connectivity index (χ0n) is 15.0. The summed E-state index contributed by atoms with van der Waals surface area (Å²) in [5, 5.41) is 12.4. The van der Waals surface area contributed by atoms with Gasteiger partial charge in [0.25, 0.3) is 0 Å². The lowest BCUT2D eigenvalue weighted by Crippen LogP contribution is -2.44. The Kier molecular flexibility index (Phi) is 6.67. The first-order valence-electron chi connectivity index (χ1n) is 8.72. The van der Waals surface area contributed by atoms with Crippen LogP contribution in [0.25, 0.3) is 0 Å². The van der Waals surface area contributed by atoms with Gasteiger partial charge >= 0.3 is 5.97 Å². The van der Waals surface area contributed by atoms with E-state index >= 15 is 0 Å². The summed E-state index contributed by atoms with van der Waals surface area (Å²) in [6.07, 6.45) is 5.04. The summed E-state index contributed by atoms with van der Waals surface area (Å²) < 4.78 is 10.5. The summed E-state index contributed by atoms with van der Waals surface area (Å²) in [7, 11) is 3.15. The van der Waals surface area contributed by atoms with Crippen molar-refractivity contribution in [2.24, 2.45) is 5.41 Å². The van der Waals surface area contributed by atoms with E-state index in [9.17, 15) is 14.7 Å². The highest BCUT2D eigenvalue weighted by atomic mass is 16.5. The molecule has 1 fully saturated rings. The second-order valence-electron chi connectivity index (χ2n) is 6.61.